The first-order valence-electron chi connectivity index (χ1n) is 7.35. The Bertz CT molecular complexity index is 678. The van der Waals surface area contributed by atoms with E-state index in [1.165, 1.54) is 18.3 Å². The van der Waals surface area contributed by atoms with Crippen LogP contribution in [0.25, 0.3) is 5.69 Å². The predicted molar refractivity (Wildman–Crippen MR) is 79.6 cm³/mol. The molecule has 1 fully saturated rings. The first kappa shape index (κ1) is 14.7. The minimum Gasteiger partial charge on any atom is -0.376 e. The molecule has 1 aromatic carbocycles. The van der Waals surface area contributed by atoms with E-state index >= 15 is 0 Å². The lowest BCUT2D eigenvalue weighted by Gasteiger charge is -2.10. The van der Waals surface area contributed by atoms with Crippen molar-refractivity contribution in [2.75, 3.05) is 13.2 Å². The first-order valence-corrected chi connectivity index (χ1v) is 7.35. The molecular weight excluding hydrogens is 285 g/mol. The van der Waals surface area contributed by atoms with Gasteiger partial charge in [-0.1, -0.05) is 6.07 Å². The summed E-state index contributed by atoms with van der Waals surface area (Å²) in [6, 6.07) is 6.12. The fourth-order valence-corrected chi connectivity index (χ4v) is 2.61. The summed E-state index contributed by atoms with van der Waals surface area (Å²) in [4.78, 5) is 12.2. The lowest BCUT2D eigenvalue weighted by molar-refractivity contribution is 0.0857. The van der Waals surface area contributed by atoms with Crippen molar-refractivity contribution in [1.82, 2.24) is 15.1 Å². The fraction of sp³-hybridized carbons (Fsp3) is 0.375. The minimum atomic E-state index is -0.336. The molecule has 0 radical (unpaired) electrons. The third-order valence-electron chi connectivity index (χ3n) is 3.82. The third kappa shape index (κ3) is 3.01. The van der Waals surface area contributed by atoms with Crippen LogP contribution in [-0.2, 0) is 4.74 Å². The zero-order valence-corrected chi connectivity index (χ0v) is 12.4. The molecule has 5 nitrogen and oxygen atoms in total. The molecule has 0 saturated carbocycles. The van der Waals surface area contributed by atoms with Crippen molar-refractivity contribution in [3.8, 4) is 5.69 Å². The number of nitrogens with one attached hydrogen (secondary N) is 1. The van der Waals surface area contributed by atoms with Gasteiger partial charge in [-0.2, -0.15) is 5.10 Å². The van der Waals surface area contributed by atoms with Crippen LogP contribution in [0.4, 0.5) is 4.39 Å². The molecule has 1 atom stereocenters. The number of hydrogen-bond acceptors (Lipinski definition) is 3. The Balaban J connectivity index is 1.73. The molecule has 2 aromatic rings. The van der Waals surface area contributed by atoms with Gasteiger partial charge in [0.1, 0.15) is 5.82 Å². The van der Waals surface area contributed by atoms with Crippen LogP contribution < -0.4 is 5.32 Å². The highest BCUT2D eigenvalue weighted by Crippen LogP contribution is 2.16. The number of hydrogen-bond donors (Lipinski definition) is 1. The Morgan fingerprint density at radius 2 is 2.41 bits per heavy atom. The van der Waals surface area contributed by atoms with E-state index in [4.69, 9.17) is 4.74 Å². The van der Waals surface area contributed by atoms with Crippen molar-refractivity contribution in [2.45, 2.75) is 25.9 Å². The van der Waals surface area contributed by atoms with Crippen LogP contribution in [0.15, 0.2) is 30.5 Å². The lowest BCUT2D eigenvalue weighted by atomic mass is 10.2. The number of carbonyl (C=O) groups is 1. The van der Waals surface area contributed by atoms with Crippen molar-refractivity contribution in [1.29, 1.82) is 0 Å². The number of halogens is 1. The SMILES string of the molecule is Cc1c(C(=O)NC[C@H]2CCCO2)cnn1-c1cccc(F)c1. The molecule has 3 rings (SSSR count). The van der Waals surface area contributed by atoms with Crippen molar-refractivity contribution >= 4 is 5.91 Å². The van der Waals surface area contributed by atoms with Crippen LogP contribution in [0, 0.1) is 12.7 Å². The van der Waals surface area contributed by atoms with E-state index in [-0.39, 0.29) is 17.8 Å². The summed E-state index contributed by atoms with van der Waals surface area (Å²) in [5.41, 5.74) is 1.76. The molecule has 1 aliphatic rings. The normalized spacial score (nSPS) is 17.6. The van der Waals surface area contributed by atoms with Crippen molar-refractivity contribution < 1.29 is 13.9 Å². The van der Waals surface area contributed by atoms with Crippen LogP contribution in [0.2, 0.25) is 0 Å². The zero-order chi connectivity index (χ0) is 15.5. The lowest BCUT2D eigenvalue weighted by Crippen LogP contribution is -2.32. The van der Waals surface area contributed by atoms with Gasteiger partial charge in [-0.25, -0.2) is 9.07 Å². The number of nitrogens with zero attached hydrogens (tertiary/aromatic N) is 2. The summed E-state index contributed by atoms with van der Waals surface area (Å²) < 4.78 is 20.3. The predicted octanol–water partition coefficient (Wildman–Crippen LogP) is 2.23. The summed E-state index contributed by atoms with van der Waals surface area (Å²) in [5, 5.41) is 7.05. The highest BCUT2D eigenvalue weighted by Gasteiger charge is 2.19. The van der Waals surface area contributed by atoms with E-state index in [2.05, 4.69) is 10.4 Å². The summed E-state index contributed by atoms with van der Waals surface area (Å²) >= 11 is 0. The molecule has 1 aliphatic heterocycles. The van der Waals surface area contributed by atoms with Gasteiger partial charge >= 0.3 is 0 Å². The van der Waals surface area contributed by atoms with Crippen molar-refractivity contribution in [3.63, 3.8) is 0 Å². The molecule has 1 N–H and O–H groups in total. The highest BCUT2D eigenvalue weighted by atomic mass is 19.1. The topological polar surface area (TPSA) is 56.1 Å². The monoisotopic (exact) mass is 303 g/mol. The summed E-state index contributed by atoms with van der Waals surface area (Å²) in [6.45, 7) is 3.05. The first-order chi connectivity index (χ1) is 10.6. The molecule has 6 heteroatoms. The number of ether oxygens (including phenoxy) is 1. The number of rotatable bonds is 4. The zero-order valence-electron chi connectivity index (χ0n) is 12.4. The second kappa shape index (κ2) is 6.27. The molecular formula is C16H18FN3O2. The Morgan fingerprint density at radius 1 is 1.55 bits per heavy atom. The maximum Gasteiger partial charge on any atom is 0.254 e. The Morgan fingerprint density at radius 3 is 3.14 bits per heavy atom. The van der Waals surface area contributed by atoms with Gasteiger partial charge in [0, 0.05) is 13.2 Å². The average molecular weight is 303 g/mol. The Kier molecular flexibility index (Phi) is 4.20. The molecule has 0 spiro atoms. The second-order valence-electron chi connectivity index (χ2n) is 5.38. The van der Waals surface area contributed by atoms with E-state index in [1.54, 1.807) is 23.7 Å². The molecule has 1 aromatic heterocycles. The number of benzene rings is 1. The average Bonchev–Trinajstić information content (AvgIpc) is 3.14. The van der Waals surface area contributed by atoms with Crippen LogP contribution in [0.1, 0.15) is 28.9 Å². The van der Waals surface area contributed by atoms with E-state index < -0.39 is 0 Å². The quantitative estimate of drug-likeness (QED) is 0.942. The molecule has 0 aliphatic carbocycles. The number of aromatic nitrogens is 2. The summed E-state index contributed by atoms with van der Waals surface area (Å²) in [7, 11) is 0. The van der Waals surface area contributed by atoms with Crippen molar-refractivity contribution in [3.05, 3.63) is 47.5 Å². The van der Waals surface area contributed by atoms with Gasteiger partial charge in [0.2, 0.25) is 0 Å². The highest BCUT2D eigenvalue weighted by molar-refractivity contribution is 5.95. The van der Waals surface area contributed by atoms with Crippen LogP contribution >= 0.6 is 0 Å². The Labute approximate surface area is 128 Å². The molecule has 1 saturated heterocycles. The molecule has 0 bridgehead atoms. The number of amides is 1. The molecule has 0 unspecified atom stereocenters. The van der Waals surface area contributed by atoms with Gasteiger partial charge < -0.3 is 10.1 Å². The molecule has 2 heterocycles. The smallest absolute Gasteiger partial charge is 0.254 e. The van der Waals surface area contributed by atoms with Gasteiger partial charge in [0.05, 0.1) is 29.2 Å². The van der Waals surface area contributed by atoms with Gasteiger partial charge in [-0.3, -0.25) is 4.79 Å². The minimum absolute atomic E-state index is 0.0996. The van der Waals surface area contributed by atoms with Crippen molar-refractivity contribution in [2.24, 2.45) is 0 Å². The number of carbonyl (C=O) groups excluding carboxylic acids is 1. The van der Waals surface area contributed by atoms with E-state index in [9.17, 15) is 9.18 Å². The maximum absolute atomic E-state index is 13.3. The van der Waals surface area contributed by atoms with Gasteiger partial charge in [-0.05, 0) is 38.0 Å². The third-order valence-corrected chi connectivity index (χ3v) is 3.82. The standard InChI is InChI=1S/C16H18FN3O2/c1-11-15(16(21)18-9-14-6-3-7-22-14)10-19-20(11)13-5-2-4-12(17)8-13/h2,4-5,8,10,14H,3,6-7,9H2,1H3,(H,18,21)/t14-/m1/s1. The van der Waals surface area contributed by atoms with Crippen LogP contribution in [0.5, 0.6) is 0 Å². The van der Waals surface area contributed by atoms with Crippen LogP contribution in [-0.4, -0.2) is 34.9 Å². The molecule has 1 amide bonds. The van der Waals surface area contributed by atoms with Crippen LogP contribution in [0.3, 0.4) is 0 Å². The van der Waals surface area contributed by atoms with E-state index in [0.717, 1.165) is 19.4 Å². The summed E-state index contributed by atoms with van der Waals surface area (Å²) in [5.74, 6) is -0.521. The molecule has 116 valence electrons. The van der Waals surface area contributed by atoms with Gasteiger partial charge in [0.15, 0.2) is 0 Å². The van der Waals surface area contributed by atoms with E-state index in [0.29, 0.717) is 23.5 Å². The summed E-state index contributed by atoms with van der Waals surface area (Å²) in [6.07, 6.45) is 3.62. The van der Waals surface area contributed by atoms with Gasteiger partial charge in [-0.15, -0.1) is 0 Å². The Hall–Kier alpha value is -2.21. The largest absolute Gasteiger partial charge is 0.376 e. The molecule has 22 heavy (non-hydrogen) atoms. The second-order valence-corrected chi connectivity index (χ2v) is 5.38. The maximum atomic E-state index is 13.3. The van der Waals surface area contributed by atoms with Gasteiger partial charge in [0.25, 0.3) is 5.91 Å². The fourth-order valence-electron chi connectivity index (χ4n) is 2.61. The van der Waals surface area contributed by atoms with E-state index in [1.807, 2.05) is 0 Å².